The molecule has 2 aromatic rings. The Morgan fingerprint density at radius 1 is 1.06 bits per heavy atom. The number of likely N-dealkylation sites (N-methyl/N-ethyl adjacent to an activating group) is 1. The molecule has 0 aromatic heterocycles. The minimum absolute atomic E-state index is 0.191. The highest BCUT2D eigenvalue weighted by molar-refractivity contribution is 6.06. The summed E-state index contributed by atoms with van der Waals surface area (Å²) >= 11 is 0. The molecule has 0 spiro atoms. The van der Waals surface area contributed by atoms with E-state index in [9.17, 15) is 19.6 Å². The fraction of sp³-hybridized carbons (Fsp3) is 0.348. The Morgan fingerprint density at radius 2 is 1.65 bits per heavy atom. The standard InChI is InChI=1S/C23H27N3O5/c1-16(31-19-12-10-18(11-13-19)17-8-6-5-7-9-17)20(26(30)15-27)14-25-21(28)23(2,3)24(4)22(25)29/h5-13,15-16,20,30H,14H2,1-4H3. The molecule has 1 aliphatic heterocycles. The van der Waals surface area contributed by atoms with Crippen molar-refractivity contribution < 1.29 is 24.3 Å². The number of imide groups is 1. The number of nitrogens with zero attached hydrogens (tertiary/aromatic N) is 3. The first-order valence-electron chi connectivity index (χ1n) is 10.0. The number of benzene rings is 2. The first-order valence-corrected chi connectivity index (χ1v) is 10.0. The summed E-state index contributed by atoms with van der Waals surface area (Å²) in [5.41, 5.74) is 1.09. The molecule has 1 saturated heterocycles. The van der Waals surface area contributed by atoms with E-state index in [4.69, 9.17) is 4.74 Å². The molecule has 0 aliphatic carbocycles. The number of urea groups is 1. The van der Waals surface area contributed by atoms with Crippen LogP contribution in [0.15, 0.2) is 54.6 Å². The van der Waals surface area contributed by atoms with E-state index < -0.39 is 29.6 Å². The van der Waals surface area contributed by atoms with Gasteiger partial charge >= 0.3 is 6.03 Å². The summed E-state index contributed by atoms with van der Waals surface area (Å²) in [5, 5.41) is 10.5. The second-order valence-electron chi connectivity index (χ2n) is 8.08. The smallest absolute Gasteiger partial charge is 0.327 e. The molecule has 1 aliphatic rings. The van der Waals surface area contributed by atoms with Crippen molar-refractivity contribution in [2.45, 2.75) is 38.5 Å². The lowest BCUT2D eigenvalue weighted by Gasteiger charge is -2.31. The van der Waals surface area contributed by atoms with Crippen molar-refractivity contribution in [1.82, 2.24) is 14.9 Å². The lowest BCUT2D eigenvalue weighted by Crippen LogP contribution is -2.51. The highest BCUT2D eigenvalue weighted by Gasteiger charge is 2.50. The third-order valence-electron chi connectivity index (χ3n) is 5.77. The molecule has 0 saturated carbocycles. The number of hydrogen-bond acceptors (Lipinski definition) is 5. The van der Waals surface area contributed by atoms with Gasteiger partial charge in [0, 0.05) is 7.05 Å². The number of rotatable bonds is 8. The van der Waals surface area contributed by atoms with E-state index in [1.807, 2.05) is 42.5 Å². The third kappa shape index (κ3) is 4.39. The summed E-state index contributed by atoms with van der Waals surface area (Å²) in [6.07, 6.45) is -0.462. The van der Waals surface area contributed by atoms with Crippen LogP contribution in [0.25, 0.3) is 11.1 Å². The van der Waals surface area contributed by atoms with Gasteiger partial charge in [-0.25, -0.2) is 9.86 Å². The van der Waals surface area contributed by atoms with Crippen LogP contribution in [0.1, 0.15) is 20.8 Å². The summed E-state index contributed by atoms with van der Waals surface area (Å²) in [7, 11) is 1.54. The average molecular weight is 425 g/mol. The SMILES string of the molecule is CC(Oc1ccc(-c2ccccc2)cc1)C(CN1C(=O)N(C)C(C)(C)C1=O)N(O)C=O. The van der Waals surface area contributed by atoms with E-state index in [1.54, 1.807) is 40.0 Å². The molecule has 8 heteroatoms. The Kier molecular flexibility index (Phi) is 6.31. The Balaban J connectivity index is 1.75. The predicted octanol–water partition coefficient (Wildman–Crippen LogP) is 3.01. The van der Waals surface area contributed by atoms with E-state index in [-0.39, 0.29) is 13.0 Å². The predicted molar refractivity (Wildman–Crippen MR) is 114 cm³/mol. The van der Waals surface area contributed by atoms with E-state index >= 15 is 0 Å². The van der Waals surface area contributed by atoms with Gasteiger partial charge in [-0.3, -0.25) is 19.7 Å². The number of amides is 4. The molecule has 1 N–H and O–H groups in total. The zero-order valence-electron chi connectivity index (χ0n) is 18.1. The fourth-order valence-corrected chi connectivity index (χ4v) is 3.50. The zero-order valence-corrected chi connectivity index (χ0v) is 18.1. The minimum atomic E-state index is -1.000. The van der Waals surface area contributed by atoms with Crippen LogP contribution in [0.5, 0.6) is 5.75 Å². The fourth-order valence-electron chi connectivity index (χ4n) is 3.50. The molecule has 2 unspecified atom stereocenters. The van der Waals surface area contributed by atoms with Crippen LogP contribution < -0.4 is 4.74 Å². The average Bonchev–Trinajstić information content (AvgIpc) is 2.92. The summed E-state index contributed by atoms with van der Waals surface area (Å²) in [6.45, 7) is 4.77. The van der Waals surface area contributed by atoms with Crippen LogP contribution in [0.2, 0.25) is 0 Å². The van der Waals surface area contributed by atoms with Gasteiger partial charge in [0.25, 0.3) is 5.91 Å². The van der Waals surface area contributed by atoms with Gasteiger partial charge in [0.2, 0.25) is 6.41 Å². The van der Waals surface area contributed by atoms with Gasteiger partial charge in [-0.2, -0.15) is 0 Å². The van der Waals surface area contributed by atoms with Gasteiger partial charge in [-0.1, -0.05) is 42.5 Å². The van der Waals surface area contributed by atoms with Crippen molar-refractivity contribution in [3.63, 3.8) is 0 Å². The molecule has 164 valence electrons. The summed E-state index contributed by atoms with van der Waals surface area (Å²) < 4.78 is 5.93. The van der Waals surface area contributed by atoms with Crippen molar-refractivity contribution >= 4 is 18.3 Å². The largest absolute Gasteiger partial charge is 0.488 e. The number of carbonyl (C=O) groups is 3. The van der Waals surface area contributed by atoms with Crippen LogP contribution in [0, 0.1) is 0 Å². The molecular formula is C23H27N3O5. The Hall–Kier alpha value is -3.39. The normalized spacial score (nSPS) is 17.5. The summed E-state index contributed by atoms with van der Waals surface area (Å²) in [5.74, 6) is 0.136. The van der Waals surface area contributed by atoms with Crippen LogP contribution in [0.3, 0.4) is 0 Å². The maximum atomic E-state index is 12.7. The molecule has 0 radical (unpaired) electrons. The maximum Gasteiger partial charge on any atom is 0.327 e. The molecule has 2 atom stereocenters. The molecule has 1 heterocycles. The topological polar surface area (TPSA) is 90.4 Å². The summed E-state index contributed by atoms with van der Waals surface area (Å²) in [6, 6.07) is 15.9. The highest BCUT2D eigenvalue weighted by Crippen LogP contribution is 2.27. The summed E-state index contributed by atoms with van der Waals surface area (Å²) in [4.78, 5) is 38.8. The van der Waals surface area contributed by atoms with Crippen LogP contribution >= 0.6 is 0 Å². The van der Waals surface area contributed by atoms with Crippen molar-refractivity contribution in [2.24, 2.45) is 0 Å². The number of carbonyl (C=O) groups excluding carboxylic acids is 3. The van der Waals surface area contributed by atoms with Crippen molar-refractivity contribution in [3.8, 4) is 16.9 Å². The van der Waals surface area contributed by atoms with E-state index in [1.165, 1.54) is 4.90 Å². The highest BCUT2D eigenvalue weighted by atomic mass is 16.5. The molecule has 3 rings (SSSR count). The molecule has 31 heavy (non-hydrogen) atoms. The molecular weight excluding hydrogens is 398 g/mol. The van der Waals surface area contributed by atoms with Crippen LogP contribution in [0.4, 0.5) is 4.79 Å². The van der Waals surface area contributed by atoms with Gasteiger partial charge in [-0.15, -0.1) is 0 Å². The van der Waals surface area contributed by atoms with E-state index in [0.29, 0.717) is 10.8 Å². The van der Waals surface area contributed by atoms with Crippen molar-refractivity contribution in [1.29, 1.82) is 0 Å². The van der Waals surface area contributed by atoms with E-state index in [0.717, 1.165) is 16.0 Å². The Morgan fingerprint density at radius 3 is 2.16 bits per heavy atom. The zero-order chi connectivity index (χ0) is 22.8. The Bertz CT molecular complexity index is 945. The molecule has 8 nitrogen and oxygen atoms in total. The molecule has 0 bridgehead atoms. The quantitative estimate of drug-likeness (QED) is 0.304. The third-order valence-corrected chi connectivity index (χ3v) is 5.77. The minimum Gasteiger partial charge on any atom is -0.488 e. The molecule has 2 aromatic carbocycles. The maximum absolute atomic E-state index is 12.7. The van der Waals surface area contributed by atoms with Gasteiger partial charge in [0.15, 0.2) is 0 Å². The number of hydrogen-bond donors (Lipinski definition) is 1. The van der Waals surface area contributed by atoms with Gasteiger partial charge in [0.05, 0.1) is 6.54 Å². The first-order chi connectivity index (χ1) is 14.7. The number of ether oxygens (including phenoxy) is 1. The Labute approximate surface area is 181 Å². The van der Waals surface area contributed by atoms with E-state index in [2.05, 4.69) is 0 Å². The second kappa shape index (κ2) is 8.77. The lowest BCUT2D eigenvalue weighted by atomic mass is 10.0. The molecule has 1 fully saturated rings. The lowest BCUT2D eigenvalue weighted by molar-refractivity contribution is -0.170. The van der Waals surface area contributed by atoms with Gasteiger partial charge < -0.3 is 9.64 Å². The van der Waals surface area contributed by atoms with Crippen molar-refractivity contribution in [2.75, 3.05) is 13.6 Å². The van der Waals surface area contributed by atoms with Gasteiger partial charge in [-0.05, 0) is 44.0 Å². The van der Waals surface area contributed by atoms with Crippen LogP contribution in [-0.2, 0) is 9.59 Å². The first kappa shape index (κ1) is 22.3. The van der Waals surface area contributed by atoms with Crippen LogP contribution in [-0.4, -0.2) is 69.7 Å². The monoisotopic (exact) mass is 425 g/mol. The molecule has 4 amide bonds. The van der Waals surface area contributed by atoms with Crippen molar-refractivity contribution in [3.05, 3.63) is 54.6 Å². The second-order valence-corrected chi connectivity index (χ2v) is 8.08. The number of hydroxylamine groups is 2. The van der Waals surface area contributed by atoms with Gasteiger partial charge in [0.1, 0.15) is 23.4 Å².